The van der Waals surface area contributed by atoms with E-state index >= 15 is 0 Å². The SMILES string of the molecule is C=CCc1ccccc1N(CC=C)CC=C. The van der Waals surface area contributed by atoms with E-state index < -0.39 is 0 Å². The van der Waals surface area contributed by atoms with Crippen molar-refractivity contribution in [3.8, 4) is 0 Å². The maximum absolute atomic E-state index is 3.79. The Kier molecular flexibility index (Phi) is 5.13. The van der Waals surface area contributed by atoms with Crippen molar-refractivity contribution in [1.82, 2.24) is 0 Å². The van der Waals surface area contributed by atoms with E-state index in [9.17, 15) is 0 Å². The molecule has 0 saturated heterocycles. The fraction of sp³-hybridized carbons (Fsp3) is 0.200. The Balaban J connectivity index is 3.00. The Morgan fingerprint density at radius 3 is 2.12 bits per heavy atom. The molecule has 0 saturated carbocycles. The molecule has 1 nitrogen and oxygen atoms in total. The van der Waals surface area contributed by atoms with Gasteiger partial charge in [-0.2, -0.15) is 0 Å². The zero-order valence-electron chi connectivity index (χ0n) is 9.73. The minimum atomic E-state index is 0.834. The Hall–Kier alpha value is -1.76. The first-order chi connectivity index (χ1) is 7.83. The molecule has 0 aromatic heterocycles. The Morgan fingerprint density at radius 2 is 1.56 bits per heavy atom. The first kappa shape index (κ1) is 12.3. The second-order valence-electron chi connectivity index (χ2n) is 3.60. The van der Waals surface area contributed by atoms with Gasteiger partial charge in [-0.25, -0.2) is 0 Å². The number of allylic oxidation sites excluding steroid dienone is 1. The van der Waals surface area contributed by atoms with Crippen molar-refractivity contribution < 1.29 is 0 Å². The number of nitrogens with zero attached hydrogens (tertiary/aromatic N) is 1. The van der Waals surface area contributed by atoms with Crippen LogP contribution in [0.15, 0.2) is 62.2 Å². The van der Waals surface area contributed by atoms with Gasteiger partial charge < -0.3 is 4.90 Å². The van der Waals surface area contributed by atoms with Gasteiger partial charge in [0.25, 0.3) is 0 Å². The average Bonchev–Trinajstić information content (AvgIpc) is 2.30. The van der Waals surface area contributed by atoms with Crippen molar-refractivity contribution >= 4 is 5.69 Å². The number of rotatable bonds is 7. The molecule has 84 valence electrons. The molecule has 0 radical (unpaired) electrons. The number of benzene rings is 1. The van der Waals surface area contributed by atoms with Crippen molar-refractivity contribution in [1.29, 1.82) is 0 Å². The van der Waals surface area contributed by atoms with Gasteiger partial charge in [0, 0.05) is 18.8 Å². The minimum Gasteiger partial charge on any atom is -0.364 e. The summed E-state index contributed by atoms with van der Waals surface area (Å²) >= 11 is 0. The highest BCUT2D eigenvalue weighted by molar-refractivity contribution is 5.55. The lowest BCUT2D eigenvalue weighted by Crippen LogP contribution is -2.24. The normalized spacial score (nSPS) is 9.50. The van der Waals surface area contributed by atoms with Crippen LogP contribution in [0.4, 0.5) is 5.69 Å². The summed E-state index contributed by atoms with van der Waals surface area (Å²) in [5, 5.41) is 0. The van der Waals surface area contributed by atoms with Crippen LogP contribution in [0.5, 0.6) is 0 Å². The minimum absolute atomic E-state index is 0.834. The van der Waals surface area contributed by atoms with E-state index in [0.29, 0.717) is 0 Å². The number of hydrogen-bond donors (Lipinski definition) is 0. The van der Waals surface area contributed by atoms with Gasteiger partial charge in [0.05, 0.1) is 0 Å². The molecule has 1 heteroatoms. The lowest BCUT2D eigenvalue weighted by Gasteiger charge is -2.24. The van der Waals surface area contributed by atoms with Crippen LogP contribution in [0.1, 0.15) is 5.56 Å². The molecule has 0 bridgehead atoms. The molecular formula is C15H19N. The summed E-state index contributed by atoms with van der Waals surface area (Å²) < 4.78 is 0. The van der Waals surface area contributed by atoms with Crippen LogP contribution in [-0.2, 0) is 6.42 Å². The van der Waals surface area contributed by atoms with Gasteiger partial charge in [0.2, 0.25) is 0 Å². The molecule has 0 aliphatic carbocycles. The van der Waals surface area contributed by atoms with E-state index in [2.05, 4.69) is 48.9 Å². The molecule has 1 rings (SSSR count). The highest BCUT2D eigenvalue weighted by atomic mass is 15.1. The van der Waals surface area contributed by atoms with E-state index in [4.69, 9.17) is 0 Å². The zero-order valence-corrected chi connectivity index (χ0v) is 9.73. The molecule has 0 unspecified atom stereocenters. The van der Waals surface area contributed by atoms with Gasteiger partial charge in [0.15, 0.2) is 0 Å². The summed E-state index contributed by atoms with van der Waals surface area (Å²) in [6.07, 6.45) is 6.64. The molecule has 0 spiro atoms. The van der Waals surface area contributed by atoms with E-state index in [1.54, 1.807) is 0 Å². The van der Waals surface area contributed by atoms with Crippen LogP contribution in [0.25, 0.3) is 0 Å². The average molecular weight is 213 g/mol. The molecule has 0 aliphatic rings. The second-order valence-corrected chi connectivity index (χ2v) is 3.60. The van der Waals surface area contributed by atoms with Gasteiger partial charge in [-0.15, -0.1) is 19.7 Å². The zero-order chi connectivity index (χ0) is 11.8. The predicted octanol–water partition coefficient (Wildman–Crippen LogP) is 3.59. The van der Waals surface area contributed by atoms with Crippen molar-refractivity contribution in [2.24, 2.45) is 0 Å². The second kappa shape index (κ2) is 6.67. The van der Waals surface area contributed by atoms with Crippen LogP contribution in [0.3, 0.4) is 0 Å². The largest absolute Gasteiger partial charge is 0.364 e. The lowest BCUT2D eigenvalue weighted by atomic mass is 10.1. The smallest absolute Gasteiger partial charge is 0.0407 e. The first-order valence-electron chi connectivity index (χ1n) is 5.49. The summed E-state index contributed by atoms with van der Waals surface area (Å²) in [6, 6.07) is 8.38. The fourth-order valence-corrected chi connectivity index (χ4v) is 1.73. The Morgan fingerprint density at radius 1 is 0.938 bits per heavy atom. The number of para-hydroxylation sites is 1. The number of anilines is 1. The van der Waals surface area contributed by atoms with Crippen LogP contribution in [0.2, 0.25) is 0 Å². The molecule has 0 amide bonds. The third-order valence-electron chi connectivity index (χ3n) is 2.40. The molecule has 0 aliphatic heterocycles. The molecule has 0 heterocycles. The van der Waals surface area contributed by atoms with E-state index in [1.807, 2.05) is 18.2 Å². The molecule has 16 heavy (non-hydrogen) atoms. The van der Waals surface area contributed by atoms with Gasteiger partial charge in [-0.05, 0) is 18.1 Å². The topological polar surface area (TPSA) is 3.24 Å². The molecule has 1 aromatic rings. The van der Waals surface area contributed by atoms with E-state index in [1.165, 1.54) is 11.3 Å². The van der Waals surface area contributed by atoms with Crippen LogP contribution in [0, 0.1) is 0 Å². The van der Waals surface area contributed by atoms with Crippen LogP contribution in [-0.4, -0.2) is 13.1 Å². The molecule has 1 aromatic carbocycles. The van der Waals surface area contributed by atoms with E-state index in [-0.39, 0.29) is 0 Å². The quantitative estimate of drug-likeness (QED) is 0.626. The molecule has 0 N–H and O–H groups in total. The van der Waals surface area contributed by atoms with Gasteiger partial charge in [0.1, 0.15) is 0 Å². The lowest BCUT2D eigenvalue weighted by molar-refractivity contribution is 0.944. The third-order valence-corrected chi connectivity index (χ3v) is 2.40. The molecular weight excluding hydrogens is 194 g/mol. The summed E-state index contributed by atoms with van der Waals surface area (Å²) in [4.78, 5) is 2.25. The fourth-order valence-electron chi connectivity index (χ4n) is 1.73. The molecule has 0 atom stereocenters. The third kappa shape index (κ3) is 3.13. The van der Waals surface area contributed by atoms with Crippen molar-refractivity contribution in [3.05, 3.63) is 67.8 Å². The summed E-state index contributed by atoms with van der Waals surface area (Å²) in [6.45, 7) is 13.0. The maximum Gasteiger partial charge on any atom is 0.0407 e. The summed E-state index contributed by atoms with van der Waals surface area (Å²) in [7, 11) is 0. The molecule has 0 fully saturated rings. The summed E-state index contributed by atoms with van der Waals surface area (Å²) in [5.41, 5.74) is 2.53. The highest BCUT2D eigenvalue weighted by Crippen LogP contribution is 2.21. The monoisotopic (exact) mass is 213 g/mol. The van der Waals surface area contributed by atoms with Gasteiger partial charge in [-0.1, -0.05) is 36.4 Å². The Labute approximate surface area is 98.4 Å². The first-order valence-corrected chi connectivity index (χ1v) is 5.49. The van der Waals surface area contributed by atoms with Gasteiger partial charge in [-0.3, -0.25) is 0 Å². The highest BCUT2D eigenvalue weighted by Gasteiger charge is 2.06. The van der Waals surface area contributed by atoms with Crippen LogP contribution < -0.4 is 4.90 Å². The van der Waals surface area contributed by atoms with Crippen molar-refractivity contribution in [3.63, 3.8) is 0 Å². The maximum atomic E-state index is 3.79. The van der Waals surface area contributed by atoms with Crippen molar-refractivity contribution in [2.45, 2.75) is 6.42 Å². The van der Waals surface area contributed by atoms with E-state index in [0.717, 1.165) is 19.5 Å². The van der Waals surface area contributed by atoms with Crippen LogP contribution >= 0.6 is 0 Å². The predicted molar refractivity (Wildman–Crippen MR) is 73.0 cm³/mol. The Bertz CT molecular complexity index is 355. The number of hydrogen-bond acceptors (Lipinski definition) is 1. The summed E-state index contributed by atoms with van der Waals surface area (Å²) in [5.74, 6) is 0. The van der Waals surface area contributed by atoms with Gasteiger partial charge >= 0.3 is 0 Å². The van der Waals surface area contributed by atoms with Crippen molar-refractivity contribution in [2.75, 3.05) is 18.0 Å². The standard InChI is InChI=1S/C15H19N/c1-4-9-14-10-7-8-11-15(14)16(12-5-2)13-6-3/h4-8,10-11H,1-3,9,12-13H2.